The largest absolute Gasteiger partial charge is 0.489 e. The normalized spacial score (nSPS) is 14.5. The molecule has 4 rings (SSSR count). The molecule has 0 spiro atoms. The molecule has 1 saturated heterocycles. The van der Waals surface area contributed by atoms with E-state index in [-0.39, 0.29) is 23.9 Å². The van der Waals surface area contributed by atoms with Gasteiger partial charge in [0.15, 0.2) is 0 Å². The Morgan fingerprint density at radius 1 is 1.06 bits per heavy atom. The van der Waals surface area contributed by atoms with Gasteiger partial charge in [0.2, 0.25) is 5.91 Å². The fraction of sp³-hybridized carbons (Fsp3) is 0.115. The van der Waals surface area contributed by atoms with Crippen molar-refractivity contribution in [2.45, 2.75) is 13.5 Å². The van der Waals surface area contributed by atoms with Gasteiger partial charge in [0.1, 0.15) is 24.7 Å². The predicted molar refractivity (Wildman–Crippen MR) is 130 cm³/mol. The third-order valence-electron chi connectivity index (χ3n) is 5.07. The van der Waals surface area contributed by atoms with Crippen LogP contribution in [0.5, 0.6) is 5.75 Å². The van der Waals surface area contributed by atoms with Crippen molar-refractivity contribution in [3.63, 3.8) is 0 Å². The first kappa shape index (κ1) is 23.3. The summed E-state index contributed by atoms with van der Waals surface area (Å²) in [7, 11) is 0. The summed E-state index contributed by atoms with van der Waals surface area (Å²) in [4.78, 5) is 38.7. The molecule has 0 radical (unpaired) electrons. The minimum Gasteiger partial charge on any atom is -0.489 e. The molecule has 8 heteroatoms. The lowest BCUT2D eigenvalue weighted by Gasteiger charge is -2.13. The maximum Gasteiger partial charge on any atom is 0.294 e. The SMILES string of the molecule is Cc1ccccc1NC(=O)CN1C(=O)S/C(=C/c2cccc(OCc3ccc(F)cc3)c2)C1=O. The van der Waals surface area contributed by atoms with E-state index in [0.717, 1.165) is 27.8 Å². The van der Waals surface area contributed by atoms with Crippen LogP contribution in [0.1, 0.15) is 16.7 Å². The van der Waals surface area contributed by atoms with Crippen LogP contribution in [0.4, 0.5) is 14.9 Å². The van der Waals surface area contributed by atoms with Gasteiger partial charge < -0.3 is 10.1 Å². The van der Waals surface area contributed by atoms with Crippen molar-refractivity contribution in [3.05, 3.63) is 100 Å². The number of nitrogens with one attached hydrogen (secondary N) is 1. The third kappa shape index (κ3) is 5.71. The molecule has 1 N–H and O–H groups in total. The second kappa shape index (κ2) is 10.4. The fourth-order valence-corrected chi connectivity index (χ4v) is 4.11. The minimum atomic E-state index is -0.521. The number of imide groups is 1. The zero-order chi connectivity index (χ0) is 24.1. The van der Waals surface area contributed by atoms with Crippen LogP contribution in [0.2, 0.25) is 0 Å². The number of carbonyl (C=O) groups excluding carboxylic acids is 3. The van der Waals surface area contributed by atoms with Crippen molar-refractivity contribution in [1.29, 1.82) is 0 Å². The Kier molecular flexibility index (Phi) is 7.08. The molecule has 3 amide bonds. The Morgan fingerprint density at radius 3 is 2.59 bits per heavy atom. The summed E-state index contributed by atoms with van der Waals surface area (Å²) in [6.45, 7) is 1.75. The van der Waals surface area contributed by atoms with Crippen LogP contribution in [0, 0.1) is 12.7 Å². The number of rotatable bonds is 7. The van der Waals surface area contributed by atoms with Crippen LogP contribution in [-0.4, -0.2) is 28.5 Å². The summed E-state index contributed by atoms with van der Waals surface area (Å²) < 4.78 is 18.8. The number of aryl methyl sites for hydroxylation is 1. The van der Waals surface area contributed by atoms with Crippen molar-refractivity contribution in [2.24, 2.45) is 0 Å². The number of carbonyl (C=O) groups is 3. The van der Waals surface area contributed by atoms with Gasteiger partial charge in [-0.15, -0.1) is 0 Å². The number of thioether (sulfide) groups is 1. The average molecular weight is 477 g/mol. The quantitative estimate of drug-likeness (QED) is 0.463. The van der Waals surface area contributed by atoms with E-state index in [9.17, 15) is 18.8 Å². The number of para-hydroxylation sites is 1. The highest BCUT2D eigenvalue weighted by Gasteiger charge is 2.36. The molecule has 0 aliphatic carbocycles. The lowest BCUT2D eigenvalue weighted by atomic mass is 10.2. The van der Waals surface area contributed by atoms with Gasteiger partial charge >= 0.3 is 0 Å². The molecule has 6 nitrogen and oxygen atoms in total. The van der Waals surface area contributed by atoms with E-state index in [4.69, 9.17) is 4.74 Å². The van der Waals surface area contributed by atoms with Gasteiger partial charge in [0, 0.05) is 5.69 Å². The maximum absolute atomic E-state index is 13.0. The smallest absolute Gasteiger partial charge is 0.294 e. The first-order chi connectivity index (χ1) is 16.4. The number of benzene rings is 3. The molecule has 1 fully saturated rings. The third-order valence-corrected chi connectivity index (χ3v) is 5.98. The first-order valence-corrected chi connectivity index (χ1v) is 11.3. The van der Waals surface area contributed by atoms with Gasteiger partial charge in [-0.05, 0) is 71.8 Å². The molecule has 3 aromatic rings. The monoisotopic (exact) mass is 476 g/mol. The Balaban J connectivity index is 1.40. The summed E-state index contributed by atoms with van der Waals surface area (Å²) in [5.74, 6) is -0.719. The number of nitrogens with zero attached hydrogens (tertiary/aromatic N) is 1. The summed E-state index contributed by atoms with van der Waals surface area (Å²) in [6, 6.07) is 20.3. The second-order valence-electron chi connectivity index (χ2n) is 7.62. The number of hydrogen-bond acceptors (Lipinski definition) is 5. The van der Waals surface area contributed by atoms with Gasteiger partial charge in [-0.1, -0.05) is 42.5 Å². The molecular weight excluding hydrogens is 455 g/mol. The van der Waals surface area contributed by atoms with E-state index in [1.54, 1.807) is 54.6 Å². The zero-order valence-corrected chi connectivity index (χ0v) is 19.1. The lowest BCUT2D eigenvalue weighted by molar-refractivity contribution is -0.127. The van der Waals surface area contributed by atoms with Crippen molar-refractivity contribution < 1.29 is 23.5 Å². The van der Waals surface area contributed by atoms with E-state index in [1.807, 2.05) is 19.1 Å². The van der Waals surface area contributed by atoms with Gasteiger partial charge in [-0.3, -0.25) is 19.3 Å². The van der Waals surface area contributed by atoms with Gasteiger partial charge in [0.05, 0.1) is 4.91 Å². The van der Waals surface area contributed by atoms with Gasteiger partial charge in [0.25, 0.3) is 11.1 Å². The molecule has 1 aliphatic rings. The Bertz CT molecular complexity index is 1270. The lowest BCUT2D eigenvalue weighted by Crippen LogP contribution is -2.36. The van der Waals surface area contributed by atoms with E-state index in [0.29, 0.717) is 17.0 Å². The van der Waals surface area contributed by atoms with Crippen LogP contribution >= 0.6 is 11.8 Å². The van der Waals surface area contributed by atoms with E-state index in [2.05, 4.69) is 5.32 Å². The number of hydrogen-bond donors (Lipinski definition) is 1. The molecule has 0 aromatic heterocycles. The maximum atomic E-state index is 13.0. The van der Waals surface area contributed by atoms with Crippen LogP contribution in [-0.2, 0) is 16.2 Å². The standard InChI is InChI=1S/C26H21FN2O4S/c1-17-5-2-3-8-22(17)28-24(30)15-29-25(31)23(34-26(29)32)14-19-6-4-7-21(13-19)33-16-18-9-11-20(27)12-10-18/h2-14H,15-16H2,1H3,(H,28,30)/b23-14+. The first-order valence-electron chi connectivity index (χ1n) is 10.5. The minimum absolute atomic E-state index is 0.226. The Hall–Kier alpha value is -3.91. The topological polar surface area (TPSA) is 75.7 Å². The Morgan fingerprint density at radius 2 is 1.82 bits per heavy atom. The average Bonchev–Trinajstić information content (AvgIpc) is 3.08. The summed E-state index contributed by atoms with van der Waals surface area (Å²) in [5, 5.41) is 2.23. The summed E-state index contributed by atoms with van der Waals surface area (Å²) in [5.41, 5.74) is 3.00. The van der Waals surface area contributed by atoms with Crippen molar-refractivity contribution >= 4 is 40.6 Å². The summed E-state index contributed by atoms with van der Waals surface area (Å²) in [6.07, 6.45) is 1.59. The van der Waals surface area contributed by atoms with Crippen LogP contribution in [0.25, 0.3) is 6.08 Å². The molecule has 0 atom stereocenters. The highest BCUT2D eigenvalue weighted by atomic mass is 32.2. The van der Waals surface area contributed by atoms with E-state index in [1.165, 1.54) is 12.1 Å². The fourth-order valence-electron chi connectivity index (χ4n) is 3.28. The van der Waals surface area contributed by atoms with Crippen LogP contribution < -0.4 is 10.1 Å². The molecule has 3 aromatic carbocycles. The summed E-state index contributed by atoms with van der Waals surface area (Å²) >= 11 is 0.788. The zero-order valence-electron chi connectivity index (χ0n) is 18.3. The molecule has 172 valence electrons. The highest BCUT2D eigenvalue weighted by molar-refractivity contribution is 8.18. The number of amides is 3. The van der Waals surface area contributed by atoms with Crippen molar-refractivity contribution in [1.82, 2.24) is 4.90 Å². The number of halogens is 1. The predicted octanol–water partition coefficient (Wildman–Crippen LogP) is 5.39. The van der Waals surface area contributed by atoms with Crippen molar-refractivity contribution in [3.8, 4) is 5.75 Å². The van der Waals surface area contributed by atoms with E-state index < -0.39 is 17.1 Å². The molecule has 0 bridgehead atoms. The number of ether oxygens (including phenoxy) is 1. The van der Waals surface area contributed by atoms with Gasteiger partial charge in [-0.2, -0.15) is 0 Å². The molecule has 0 saturated carbocycles. The van der Waals surface area contributed by atoms with Crippen LogP contribution in [0.3, 0.4) is 0 Å². The van der Waals surface area contributed by atoms with Gasteiger partial charge in [-0.25, -0.2) is 4.39 Å². The second-order valence-corrected chi connectivity index (χ2v) is 8.61. The van der Waals surface area contributed by atoms with Crippen molar-refractivity contribution in [2.75, 3.05) is 11.9 Å². The van der Waals surface area contributed by atoms with Crippen LogP contribution in [0.15, 0.2) is 77.7 Å². The molecule has 34 heavy (non-hydrogen) atoms. The highest BCUT2D eigenvalue weighted by Crippen LogP contribution is 2.32. The Labute approximate surface area is 200 Å². The van der Waals surface area contributed by atoms with E-state index >= 15 is 0 Å². The molecule has 0 unspecified atom stereocenters. The molecular formula is C26H21FN2O4S. The molecule has 1 heterocycles. The molecule has 1 aliphatic heterocycles. The number of anilines is 1.